The Labute approximate surface area is 79.2 Å². The first-order valence-electron chi connectivity index (χ1n) is 4.46. The van der Waals surface area contributed by atoms with Gasteiger partial charge in [-0.2, -0.15) is 0 Å². The molecule has 0 fully saturated rings. The van der Waals surface area contributed by atoms with Gasteiger partial charge in [-0.15, -0.1) is 0 Å². The Morgan fingerprint density at radius 2 is 1.92 bits per heavy atom. The van der Waals surface area contributed by atoms with E-state index in [-0.39, 0.29) is 5.91 Å². The fourth-order valence-electron chi connectivity index (χ4n) is 1.28. The molecule has 70 valence electrons. The summed E-state index contributed by atoms with van der Waals surface area (Å²) in [6.07, 6.45) is 0.899. The van der Waals surface area contributed by atoms with Crippen molar-refractivity contribution in [2.24, 2.45) is 0 Å². The van der Waals surface area contributed by atoms with E-state index in [2.05, 4.69) is 6.92 Å². The molecule has 1 rings (SSSR count). The third-order valence-corrected chi connectivity index (χ3v) is 2.03. The van der Waals surface area contributed by atoms with Crippen molar-refractivity contribution in [2.75, 3.05) is 14.1 Å². The summed E-state index contributed by atoms with van der Waals surface area (Å²) in [5.74, 6) is 0.0810. The van der Waals surface area contributed by atoms with Gasteiger partial charge in [0, 0.05) is 19.7 Å². The number of aryl methyl sites for hydroxylation is 1. The van der Waals surface area contributed by atoms with E-state index in [9.17, 15) is 4.79 Å². The highest BCUT2D eigenvalue weighted by Crippen LogP contribution is 2.10. The summed E-state index contributed by atoms with van der Waals surface area (Å²) in [5, 5.41) is 0. The van der Waals surface area contributed by atoms with Crippen LogP contribution >= 0.6 is 0 Å². The first-order chi connectivity index (χ1) is 6.16. The maximum Gasteiger partial charge on any atom is 0.253 e. The summed E-state index contributed by atoms with van der Waals surface area (Å²) in [4.78, 5) is 13.3. The molecule has 0 heterocycles. The largest absolute Gasteiger partial charge is 0.345 e. The van der Waals surface area contributed by atoms with Crippen molar-refractivity contribution in [3.63, 3.8) is 0 Å². The lowest BCUT2D eigenvalue weighted by Crippen LogP contribution is -2.22. The lowest BCUT2D eigenvalue weighted by Gasteiger charge is -2.12. The minimum absolute atomic E-state index is 0.0810. The molecule has 0 aliphatic rings. The molecule has 1 amide bonds. The van der Waals surface area contributed by atoms with E-state index in [0.717, 1.165) is 17.5 Å². The van der Waals surface area contributed by atoms with Crippen molar-refractivity contribution in [1.82, 2.24) is 4.90 Å². The standard InChI is InChI=1S/C11H15NO/c1-4-9-7-5-6-8-10(9)11(13)12(2)3/h5-8H,4H2,1-3H3. The number of hydrogen-bond acceptors (Lipinski definition) is 1. The molecule has 0 N–H and O–H groups in total. The van der Waals surface area contributed by atoms with Gasteiger partial charge in [0.25, 0.3) is 5.91 Å². The van der Waals surface area contributed by atoms with Crippen LogP contribution in [0.4, 0.5) is 0 Å². The zero-order chi connectivity index (χ0) is 9.84. The highest BCUT2D eigenvalue weighted by atomic mass is 16.2. The fourth-order valence-corrected chi connectivity index (χ4v) is 1.28. The molecule has 2 nitrogen and oxygen atoms in total. The minimum Gasteiger partial charge on any atom is -0.345 e. The summed E-state index contributed by atoms with van der Waals surface area (Å²) in [5.41, 5.74) is 1.93. The van der Waals surface area contributed by atoms with E-state index in [1.807, 2.05) is 24.3 Å². The summed E-state index contributed by atoms with van der Waals surface area (Å²) in [7, 11) is 3.55. The Balaban J connectivity index is 3.06. The van der Waals surface area contributed by atoms with Gasteiger partial charge in [0.2, 0.25) is 0 Å². The van der Waals surface area contributed by atoms with Crippen molar-refractivity contribution in [1.29, 1.82) is 0 Å². The molecule has 0 aliphatic heterocycles. The normalized spacial score (nSPS) is 9.77. The van der Waals surface area contributed by atoms with Gasteiger partial charge < -0.3 is 4.90 Å². The van der Waals surface area contributed by atoms with Crippen molar-refractivity contribution in [3.05, 3.63) is 35.4 Å². The maximum atomic E-state index is 11.7. The SMILES string of the molecule is CCc1ccccc1C(=O)N(C)C. The predicted molar refractivity (Wildman–Crippen MR) is 53.8 cm³/mol. The zero-order valence-corrected chi connectivity index (χ0v) is 8.37. The van der Waals surface area contributed by atoms with E-state index in [0.29, 0.717) is 0 Å². The topological polar surface area (TPSA) is 20.3 Å². The Hall–Kier alpha value is -1.31. The van der Waals surface area contributed by atoms with Gasteiger partial charge >= 0.3 is 0 Å². The van der Waals surface area contributed by atoms with Crippen LogP contribution in [-0.4, -0.2) is 24.9 Å². The smallest absolute Gasteiger partial charge is 0.253 e. The molecule has 0 saturated carbocycles. The molecule has 0 radical (unpaired) electrons. The van der Waals surface area contributed by atoms with Crippen LogP contribution < -0.4 is 0 Å². The Morgan fingerprint density at radius 1 is 1.31 bits per heavy atom. The van der Waals surface area contributed by atoms with Gasteiger partial charge in [-0.3, -0.25) is 4.79 Å². The van der Waals surface area contributed by atoms with Gasteiger partial charge in [0.1, 0.15) is 0 Å². The molecule has 0 aromatic heterocycles. The number of benzene rings is 1. The monoisotopic (exact) mass is 177 g/mol. The molecule has 1 aromatic rings. The molecule has 0 atom stereocenters. The lowest BCUT2D eigenvalue weighted by atomic mass is 10.0. The number of amides is 1. The fraction of sp³-hybridized carbons (Fsp3) is 0.364. The van der Waals surface area contributed by atoms with Gasteiger partial charge in [-0.1, -0.05) is 25.1 Å². The van der Waals surface area contributed by atoms with Crippen LogP contribution in [0.25, 0.3) is 0 Å². The second-order valence-corrected chi connectivity index (χ2v) is 3.21. The van der Waals surface area contributed by atoms with Crippen molar-refractivity contribution < 1.29 is 4.79 Å². The van der Waals surface area contributed by atoms with Gasteiger partial charge in [-0.25, -0.2) is 0 Å². The van der Waals surface area contributed by atoms with Crippen LogP contribution in [0.3, 0.4) is 0 Å². The number of carbonyl (C=O) groups excluding carboxylic acids is 1. The first kappa shape index (κ1) is 9.78. The van der Waals surface area contributed by atoms with Crippen LogP contribution in [0.15, 0.2) is 24.3 Å². The number of nitrogens with zero attached hydrogens (tertiary/aromatic N) is 1. The highest BCUT2D eigenvalue weighted by Gasteiger charge is 2.10. The third-order valence-electron chi connectivity index (χ3n) is 2.03. The van der Waals surface area contributed by atoms with Crippen molar-refractivity contribution >= 4 is 5.91 Å². The van der Waals surface area contributed by atoms with Crippen LogP contribution in [-0.2, 0) is 6.42 Å². The summed E-state index contributed by atoms with van der Waals surface area (Å²) in [6, 6.07) is 7.74. The average Bonchev–Trinajstić information content (AvgIpc) is 2.16. The number of carbonyl (C=O) groups is 1. The summed E-state index contributed by atoms with van der Waals surface area (Å²) in [6.45, 7) is 2.06. The molecule has 0 unspecified atom stereocenters. The third kappa shape index (κ3) is 2.08. The minimum atomic E-state index is 0.0810. The second kappa shape index (κ2) is 4.08. The van der Waals surface area contributed by atoms with Crippen molar-refractivity contribution in [2.45, 2.75) is 13.3 Å². The lowest BCUT2D eigenvalue weighted by molar-refractivity contribution is 0.0826. The van der Waals surface area contributed by atoms with E-state index in [4.69, 9.17) is 0 Å². The predicted octanol–water partition coefficient (Wildman–Crippen LogP) is 1.95. The zero-order valence-electron chi connectivity index (χ0n) is 8.37. The molecule has 1 aromatic carbocycles. The van der Waals surface area contributed by atoms with Crippen LogP contribution in [0, 0.1) is 0 Å². The highest BCUT2D eigenvalue weighted by molar-refractivity contribution is 5.95. The van der Waals surface area contributed by atoms with E-state index < -0.39 is 0 Å². The first-order valence-corrected chi connectivity index (χ1v) is 4.46. The molecule has 0 spiro atoms. The molecule has 0 bridgehead atoms. The quantitative estimate of drug-likeness (QED) is 0.676. The number of rotatable bonds is 2. The van der Waals surface area contributed by atoms with E-state index in [1.165, 1.54) is 0 Å². The molecule has 0 aliphatic carbocycles. The number of hydrogen-bond donors (Lipinski definition) is 0. The average molecular weight is 177 g/mol. The molecule has 0 saturated heterocycles. The maximum absolute atomic E-state index is 11.7. The molecular weight excluding hydrogens is 162 g/mol. The van der Waals surface area contributed by atoms with Crippen LogP contribution in [0.1, 0.15) is 22.8 Å². The summed E-state index contributed by atoms with van der Waals surface area (Å²) >= 11 is 0. The second-order valence-electron chi connectivity index (χ2n) is 3.21. The van der Waals surface area contributed by atoms with Gasteiger partial charge in [0.15, 0.2) is 0 Å². The van der Waals surface area contributed by atoms with Gasteiger partial charge in [-0.05, 0) is 18.1 Å². The Kier molecular flexibility index (Phi) is 3.07. The van der Waals surface area contributed by atoms with Crippen LogP contribution in [0.5, 0.6) is 0 Å². The van der Waals surface area contributed by atoms with Crippen molar-refractivity contribution in [3.8, 4) is 0 Å². The van der Waals surface area contributed by atoms with E-state index in [1.54, 1.807) is 19.0 Å². The Bertz CT molecular complexity index is 305. The molecular formula is C11H15NO. The van der Waals surface area contributed by atoms with Gasteiger partial charge in [0.05, 0.1) is 0 Å². The summed E-state index contributed by atoms with van der Waals surface area (Å²) < 4.78 is 0. The molecule has 13 heavy (non-hydrogen) atoms. The van der Waals surface area contributed by atoms with Crippen LogP contribution in [0.2, 0.25) is 0 Å². The Morgan fingerprint density at radius 3 is 2.46 bits per heavy atom. The van der Waals surface area contributed by atoms with E-state index >= 15 is 0 Å². The molecule has 2 heteroatoms.